The average molecular weight is 305 g/mol. The molecular formula is C10H12INS. The van der Waals surface area contributed by atoms with E-state index in [4.69, 9.17) is 0 Å². The Morgan fingerprint density at radius 3 is 2.31 bits per heavy atom. The zero-order valence-corrected chi connectivity index (χ0v) is 10.3. The molecule has 0 atom stereocenters. The molecule has 1 fully saturated rings. The van der Waals surface area contributed by atoms with Gasteiger partial charge in [0, 0.05) is 33.9 Å². The molecule has 0 spiro atoms. The number of benzene rings is 1. The van der Waals surface area contributed by atoms with Crippen LogP contribution in [0, 0.1) is 3.57 Å². The molecule has 0 aliphatic carbocycles. The van der Waals surface area contributed by atoms with E-state index in [2.05, 4.69) is 63.5 Å². The Hall–Kier alpha value is 0.1000. The molecule has 3 heteroatoms. The van der Waals surface area contributed by atoms with Crippen molar-refractivity contribution >= 4 is 40.0 Å². The van der Waals surface area contributed by atoms with Crippen LogP contribution in [0.15, 0.2) is 24.3 Å². The summed E-state index contributed by atoms with van der Waals surface area (Å²) in [5.41, 5.74) is 1.38. The Morgan fingerprint density at radius 1 is 1.08 bits per heavy atom. The molecule has 0 bridgehead atoms. The summed E-state index contributed by atoms with van der Waals surface area (Å²) in [4.78, 5) is 2.46. The molecule has 0 unspecified atom stereocenters. The number of nitrogens with zero attached hydrogens (tertiary/aromatic N) is 1. The van der Waals surface area contributed by atoms with Crippen LogP contribution in [-0.4, -0.2) is 24.6 Å². The van der Waals surface area contributed by atoms with Gasteiger partial charge in [-0.3, -0.25) is 0 Å². The van der Waals surface area contributed by atoms with E-state index < -0.39 is 0 Å². The Bertz CT molecular complexity index is 267. The third-order valence-electron chi connectivity index (χ3n) is 2.20. The smallest absolute Gasteiger partial charge is 0.0367 e. The predicted molar refractivity (Wildman–Crippen MR) is 68.7 cm³/mol. The fraction of sp³-hybridized carbons (Fsp3) is 0.400. The highest BCUT2D eigenvalue weighted by Crippen LogP contribution is 2.20. The standard InChI is InChI=1S/C10H12INS/c11-9-1-3-10(4-2-9)12-5-7-13-8-6-12/h1-4H,5-8H2. The molecule has 1 nitrogen and oxygen atoms in total. The number of hydrogen-bond acceptors (Lipinski definition) is 2. The van der Waals surface area contributed by atoms with Gasteiger partial charge in [0.2, 0.25) is 0 Å². The van der Waals surface area contributed by atoms with Crippen molar-refractivity contribution in [2.45, 2.75) is 0 Å². The maximum absolute atomic E-state index is 2.46. The Morgan fingerprint density at radius 2 is 1.69 bits per heavy atom. The summed E-state index contributed by atoms with van der Waals surface area (Å²) >= 11 is 4.40. The average Bonchev–Trinajstić information content (AvgIpc) is 2.20. The summed E-state index contributed by atoms with van der Waals surface area (Å²) in [6, 6.07) is 8.80. The Balaban J connectivity index is 2.10. The topological polar surface area (TPSA) is 3.24 Å². The van der Waals surface area contributed by atoms with Crippen LogP contribution in [0.3, 0.4) is 0 Å². The van der Waals surface area contributed by atoms with Crippen LogP contribution >= 0.6 is 34.4 Å². The van der Waals surface area contributed by atoms with Gasteiger partial charge >= 0.3 is 0 Å². The van der Waals surface area contributed by atoms with Crippen LogP contribution in [0.1, 0.15) is 0 Å². The number of rotatable bonds is 1. The first-order valence-corrected chi connectivity index (χ1v) is 6.68. The molecule has 70 valence electrons. The van der Waals surface area contributed by atoms with E-state index in [9.17, 15) is 0 Å². The van der Waals surface area contributed by atoms with Crippen molar-refractivity contribution in [3.63, 3.8) is 0 Å². The van der Waals surface area contributed by atoms with Gasteiger partial charge in [-0.25, -0.2) is 0 Å². The monoisotopic (exact) mass is 305 g/mol. The number of hydrogen-bond donors (Lipinski definition) is 0. The minimum Gasteiger partial charge on any atom is -0.370 e. The zero-order valence-electron chi connectivity index (χ0n) is 7.37. The molecule has 0 aromatic heterocycles. The van der Waals surface area contributed by atoms with E-state index in [1.807, 2.05) is 0 Å². The summed E-state index contributed by atoms with van der Waals surface area (Å²) in [7, 11) is 0. The predicted octanol–water partition coefficient (Wildman–Crippen LogP) is 2.84. The summed E-state index contributed by atoms with van der Waals surface area (Å²) in [6.07, 6.45) is 0. The van der Waals surface area contributed by atoms with Gasteiger partial charge in [0.15, 0.2) is 0 Å². The maximum Gasteiger partial charge on any atom is 0.0367 e. The van der Waals surface area contributed by atoms with Gasteiger partial charge in [-0.1, -0.05) is 0 Å². The van der Waals surface area contributed by atoms with E-state index in [-0.39, 0.29) is 0 Å². The quantitative estimate of drug-likeness (QED) is 0.734. The van der Waals surface area contributed by atoms with Gasteiger partial charge in [-0.15, -0.1) is 0 Å². The third kappa shape index (κ3) is 2.53. The van der Waals surface area contributed by atoms with E-state index in [1.165, 1.54) is 33.9 Å². The summed E-state index contributed by atoms with van der Waals surface area (Å²) in [6.45, 7) is 2.40. The van der Waals surface area contributed by atoms with Gasteiger partial charge in [-0.2, -0.15) is 11.8 Å². The second kappa shape index (κ2) is 4.55. The van der Waals surface area contributed by atoms with E-state index >= 15 is 0 Å². The Labute approximate surface area is 97.0 Å². The van der Waals surface area contributed by atoms with Crippen LogP contribution in [0.5, 0.6) is 0 Å². The lowest BCUT2D eigenvalue weighted by atomic mass is 10.3. The number of thioether (sulfide) groups is 1. The molecule has 0 amide bonds. The van der Waals surface area contributed by atoms with Crippen LogP contribution < -0.4 is 4.90 Å². The molecule has 1 aromatic carbocycles. The molecule has 2 rings (SSSR count). The SMILES string of the molecule is Ic1ccc(N2CCSCC2)cc1. The molecule has 1 heterocycles. The van der Waals surface area contributed by atoms with Crippen molar-refractivity contribution in [1.29, 1.82) is 0 Å². The van der Waals surface area contributed by atoms with Crippen molar-refractivity contribution in [3.8, 4) is 0 Å². The Kier molecular flexibility index (Phi) is 3.38. The summed E-state index contributed by atoms with van der Waals surface area (Å²) in [5, 5.41) is 0. The maximum atomic E-state index is 2.46. The first-order valence-electron chi connectivity index (χ1n) is 4.44. The molecule has 13 heavy (non-hydrogen) atoms. The van der Waals surface area contributed by atoms with Crippen LogP contribution in [0.2, 0.25) is 0 Å². The van der Waals surface area contributed by atoms with Crippen molar-refractivity contribution in [1.82, 2.24) is 0 Å². The highest BCUT2D eigenvalue weighted by atomic mass is 127. The van der Waals surface area contributed by atoms with Gasteiger partial charge in [0.05, 0.1) is 0 Å². The number of anilines is 1. The lowest BCUT2D eigenvalue weighted by Crippen LogP contribution is -2.32. The van der Waals surface area contributed by atoms with Crippen molar-refractivity contribution < 1.29 is 0 Å². The lowest BCUT2D eigenvalue weighted by Gasteiger charge is -2.28. The normalized spacial score (nSPS) is 17.5. The molecule has 0 saturated carbocycles. The summed E-state index contributed by atoms with van der Waals surface area (Å²) in [5.74, 6) is 2.54. The molecule has 0 radical (unpaired) electrons. The minimum absolute atomic E-state index is 1.20. The van der Waals surface area contributed by atoms with Gasteiger partial charge in [-0.05, 0) is 46.9 Å². The molecule has 1 aromatic rings. The van der Waals surface area contributed by atoms with Crippen LogP contribution in [0.25, 0.3) is 0 Å². The molecule has 1 aliphatic heterocycles. The van der Waals surface area contributed by atoms with Crippen LogP contribution in [0.4, 0.5) is 5.69 Å². The summed E-state index contributed by atoms with van der Waals surface area (Å²) < 4.78 is 1.31. The first-order chi connectivity index (χ1) is 6.36. The van der Waals surface area contributed by atoms with Crippen LogP contribution in [-0.2, 0) is 0 Å². The molecule has 1 aliphatic rings. The fourth-order valence-corrected chi connectivity index (χ4v) is 2.74. The van der Waals surface area contributed by atoms with E-state index in [0.717, 1.165) is 0 Å². The van der Waals surface area contributed by atoms with Crippen molar-refractivity contribution in [3.05, 3.63) is 27.8 Å². The van der Waals surface area contributed by atoms with Gasteiger partial charge in [0.25, 0.3) is 0 Å². The third-order valence-corrected chi connectivity index (χ3v) is 3.86. The highest BCUT2D eigenvalue weighted by Gasteiger charge is 2.10. The highest BCUT2D eigenvalue weighted by molar-refractivity contribution is 14.1. The molecule has 0 N–H and O–H groups in total. The second-order valence-corrected chi connectivity index (χ2v) is 5.55. The molecular weight excluding hydrogens is 293 g/mol. The first kappa shape index (κ1) is 9.65. The number of halogens is 1. The van der Waals surface area contributed by atoms with Gasteiger partial charge in [0.1, 0.15) is 0 Å². The largest absolute Gasteiger partial charge is 0.370 e. The van der Waals surface area contributed by atoms with Crippen molar-refractivity contribution in [2.75, 3.05) is 29.5 Å². The van der Waals surface area contributed by atoms with Gasteiger partial charge < -0.3 is 4.90 Å². The fourth-order valence-electron chi connectivity index (χ4n) is 1.47. The van der Waals surface area contributed by atoms with E-state index in [0.29, 0.717) is 0 Å². The zero-order chi connectivity index (χ0) is 9.10. The van der Waals surface area contributed by atoms with Crippen molar-refractivity contribution in [2.24, 2.45) is 0 Å². The van der Waals surface area contributed by atoms with E-state index in [1.54, 1.807) is 0 Å². The lowest BCUT2D eigenvalue weighted by molar-refractivity contribution is 0.858. The minimum atomic E-state index is 1.20. The molecule has 1 saturated heterocycles. The second-order valence-electron chi connectivity index (χ2n) is 3.08.